The van der Waals surface area contributed by atoms with Crippen molar-refractivity contribution in [3.8, 4) is 17.1 Å². The molecule has 0 aliphatic rings. The van der Waals surface area contributed by atoms with Crippen molar-refractivity contribution in [3.63, 3.8) is 0 Å². The van der Waals surface area contributed by atoms with Crippen LogP contribution in [0.5, 0.6) is 5.75 Å². The number of methoxy groups -OCH3 is 1. The lowest BCUT2D eigenvalue weighted by molar-refractivity contribution is 0.414. The van der Waals surface area contributed by atoms with E-state index in [2.05, 4.69) is 31.0 Å². The molecule has 0 amide bonds. The fourth-order valence-corrected chi connectivity index (χ4v) is 1.63. The number of ether oxygens (including phenoxy) is 1. The molecule has 0 saturated carbocycles. The summed E-state index contributed by atoms with van der Waals surface area (Å²) in [7, 11) is 1.66. The van der Waals surface area contributed by atoms with Gasteiger partial charge in [-0.05, 0) is 23.6 Å². The zero-order valence-electron chi connectivity index (χ0n) is 9.73. The molecule has 0 aliphatic heterocycles. The van der Waals surface area contributed by atoms with Crippen LogP contribution in [-0.2, 0) is 0 Å². The van der Waals surface area contributed by atoms with Crippen molar-refractivity contribution in [1.82, 2.24) is 4.98 Å². The summed E-state index contributed by atoms with van der Waals surface area (Å²) in [6.45, 7) is 4.32. The quantitative estimate of drug-likeness (QED) is 0.789. The van der Waals surface area contributed by atoms with E-state index in [1.165, 1.54) is 12.0 Å². The van der Waals surface area contributed by atoms with Crippen LogP contribution in [0.2, 0.25) is 0 Å². The van der Waals surface area contributed by atoms with E-state index in [1.54, 1.807) is 13.3 Å². The highest BCUT2D eigenvalue weighted by Gasteiger charge is 2.11. The minimum absolute atomic E-state index is 0.479. The third-order valence-corrected chi connectivity index (χ3v) is 2.59. The van der Waals surface area contributed by atoms with Gasteiger partial charge in [0.05, 0.1) is 18.9 Å². The van der Waals surface area contributed by atoms with Crippen LogP contribution < -0.4 is 4.74 Å². The van der Waals surface area contributed by atoms with Crippen molar-refractivity contribution in [3.05, 3.63) is 36.4 Å². The molecule has 2 rings (SSSR count). The fraction of sp³-hybridized carbons (Fsp3) is 0.308. The van der Waals surface area contributed by atoms with Crippen molar-refractivity contribution in [2.45, 2.75) is 19.8 Å². The second-order valence-corrected chi connectivity index (χ2v) is 3.98. The molecule has 1 aromatic carbocycles. The second-order valence-electron chi connectivity index (χ2n) is 3.98. The Morgan fingerprint density at radius 2 is 2.12 bits per heavy atom. The molecular weight excluding hydrogens is 202 g/mol. The molecule has 0 fully saturated rings. The Kier molecular flexibility index (Phi) is 2.95. The van der Waals surface area contributed by atoms with E-state index in [0.717, 1.165) is 17.1 Å². The summed E-state index contributed by atoms with van der Waals surface area (Å²) in [6.07, 6.45) is 3.12. The number of hydrogen-bond acceptors (Lipinski definition) is 3. The average molecular weight is 217 g/mol. The zero-order valence-corrected chi connectivity index (χ0v) is 9.73. The summed E-state index contributed by atoms with van der Waals surface area (Å²) in [4.78, 5) is 3.93. The van der Waals surface area contributed by atoms with Gasteiger partial charge in [-0.15, -0.1) is 0 Å². The highest BCUT2D eigenvalue weighted by Crippen LogP contribution is 2.32. The molecule has 16 heavy (non-hydrogen) atoms. The van der Waals surface area contributed by atoms with Crippen molar-refractivity contribution in [2.24, 2.45) is 0 Å². The van der Waals surface area contributed by atoms with Gasteiger partial charge in [0, 0.05) is 0 Å². The predicted octanol–water partition coefficient (Wildman–Crippen LogP) is 3.47. The molecule has 0 aliphatic carbocycles. The van der Waals surface area contributed by atoms with E-state index in [-0.39, 0.29) is 0 Å². The largest absolute Gasteiger partial charge is 0.496 e. The molecule has 0 unspecified atom stereocenters. The van der Waals surface area contributed by atoms with Gasteiger partial charge in [0.25, 0.3) is 0 Å². The van der Waals surface area contributed by atoms with Crippen LogP contribution in [0.25, 0.3) is 11.3 Å². The molecule has 0 saturated heterocycles. The summed E-state index contributed by atoms with van der Waals surface area (Å²) >= 11 is 0. The van der Waals surface area contributed by atoms with Gasteiger partial charge in [0.2, 0.25) is 0 Å². The van der Waals surface area contributed by atoms with E-state index in [1.807, 2.05) is 6.07 Å². The first-order chi connectivity index (χ1) is 7.72. The van der Waals surface area contributed by atoms with Gasteiger partial charge in [-0.25, -0.2) is 4.98 Å². The summed E-state index contributed by atoms with van der Waals surface area (Å²) in [5.74, 6) is 2.02. The van der Waals surface area contributed by atoms with Gasteiger partial charge in [-0.2, -0.15) is 0 Å². The third kappa shape index (κ3) is 1.94. The molecule has 0 atom stereocenters. The minimum Gasteiger partial charge on any atom is -0.496 e. The van der Waals surface area contributed by atoms with Gasteiger partial charge in [0.15, 0.2) is 12.2 Å². The number of benzene rings is 1. The summed E-state index contributed by atoms with van der Waals surface area (Å²) < 4.78 is 10.6. The highest BCUT2D eigenvalue weighted by atomic mass is 16.5. The van der Waals surface area contributed by atoms with Crippen molar-refractivity contribution in [2.75, 3.05) is 7.11 Å². The van der Waals surface area contributed by atoms with E-state index in [4.69, 9.17) is 9.15 Å². The lowest BCUT2D eigenvalue weighted by Gasteiger charge is -2.10. The standard InChI is InChI=1S/C13H15NO2/c1-9(2)10-4-5-12(15-3)11(6-10)13-7-14-8-16-13/h4-9H,1-3H3. The molecule has 0 N–H and O–H groups in total. The Morgan fingerprint density at radius 3 is 2.69 bits per heavy atom. The molecule has 0 radical (unpaired) electrons. The Balaban J connectivity index is 2.52. The number of rotatable bonds is 3. The number of oxazole rings is 1. The number of aromatic nitrogens is 1. The molecule has 2 aromatic rings. The van der Waals surface area contributed by atoms with Gasteiger partial charge < -0.3 is 9.15 Å². The lowest BCUT2D eigenvalue weighted by Crippen LogP contribution is -1.92. The van der Waals surface area contributed by atoms with Crippen LogP contribution in [0.15, 0.2) is 35.2 Å². The summed E-state index contributed by atoms with van der Waals surface area (Å²) in [6, 6.07) is 6.13. The van der Waals surface area contributed by atoms with Crippen LogP contribution in [0.1, 0.15) is 25.3 Å². The van der Waals surface area contributed by atoms with Crippen molar-refractivity contribution >= 4 is 0 Å². The second kappa shape index (κ2) is 4.39. The van der Waals surface area contributed by atoms with Gasteiger partial charge in [-0.3, -0.25) is 0 Å². The van der Waals surface area contributed by atoms with Crippen molar-refractivity contribution in [1.29, 1.82) is 0 Å². The maximum absolute atomic E-state index is 5.32. The van der Waals surface area contributed by atoms with Gasteiger partial charge in [0.1, 0.15) is 5.75 Å². The SMILES string of the molecule is COc1ccc(C(C)C)cc1-c1cnco1. The normalized spacial score (nSPS) is 10.8. The highest BCUT2D eigenvalue weighted by molar-refractivity contribution is 5.66. The molecule has 1 heterocycles. The first kappa shape index (κ1) is 10.7. The van der Waals surface area contributed by atoms with Gasteiger partial charge in [-0.1, -0.05) is 19.9 Å². The van der Waals surface area contributed by atoms with E-state index < -0.39 is 0 Å². The minimum atomic E-state index is 0.479. The molecule has 1 aromatic heterocycles. The number of hydrogen-bond donors (Lipinski definition) is 0. The third-order valence-electron chi connectivity index (χ3n) is 2.59. The molecule has 84 valence electrons. The van der Waals surface area contributed by atoms with E-state index in [0.29, 0.717) is 5.92 Å². The number of nitrogens with zero attached hydrogens (tertiary/aromatic N) is 1. The topological polar surface area (TPSA) is 35.3 Å². The summed E-state index contributed by atoms with van der Waals surface area (Å²) in [5, 5.41) is 0. The molecule has 3 heteroatoms. The van der Waals surface area contributed by atoms with Crippen LogP contribution in [-0.4, -0.2) is 12.1 Å². The average Bonchev–Trinajstić information content (AvgIpc) is 2.81. The zero-order chi connectivity index (χ0) is 11.5. The van der Waals surface area contributed by atoms with Crippen LogP contribution in [0.3, 0.4) is 0 Å². The predicted molar refractivity (Wildman–Crippen MR) is 62.6 cm³/mol. The Labute approximate surface area is 95.1 Å². The molecule has 3 nitrogen and oxygen atoms in total. The van der Waals surface area contributed by atoms with Crippen LogP contribution in [0.4, 0.5) is 0 Å². The Morgan fingerprint density at radius 1 is 1.31 bits per heavy atom. The Hall–Kier alpha value is -1.77. The van der Waals surface area contributed by atoms with Crippen LogP contribution >= 0.6 is 0 Å². The van der Waals surface area contributed by atoms with E-state index in [9.17, 15) is 0 Å². The summed E-state index contributed by atoms with van der Waals surface area (Å²) in [5.41, 5.74) is 2.21. The molecular formula is C13H15NO2. The first-order valence-corrected chi connectivity index (χ1v) is 5.29. The maximum atomic E-state index is 5.32. The monoisotopic (exact) mass is 217 g/mol. The van der Waals surface area contributed by atoms with Crippen molar-refractivity contribution < 1.29 is 9.15 Å². The van der Waals surface area contributed by atoms with Crippen LogP contribution in [0, 0.1) is 0 Å². The molecule has 0 spiro atoms. The Bertz CT molecular complexity index is 461. The lowest BCUT2D eigenvalue weighted by atomic mass is 9.99. The fourth-order valence-electron chi connectivity index (χ4n) is 1.63. The smallest absolute Gasteiger partial charge is 0.181 e. The molecule has 0 bridgehead atoms. The van der Waals surface area contributed by atoms with Gasteiger partial charge >= 0.3 is 0 Å². The van der Waals surface area contributed by atoms with E-state index >= 15 is 0 Å². The maximum Gasteiger partial charge on any atom is 0.181 e. The first-order valence-electron chi connectivity index (χ1n) is 5.29.